The Balaban J connectivity index is 1.89. The van der Waals surface area contributed by atoms with Gasteiger partial charge in [-0.3, -0.25) is 9.88 Å². The molecule has 0 aliphatic carbocycles. The van der Waals surface area contributed by atoms with Crippen LogP contribution in [0.15, 0.2) is 36.8 Å². The Hall–Kier alpha value is -2.66. The third-order valence-electron chi connectivity index (χ3n) is 4.94. The van der Waals surface area contributed by atoms with Crippen LogP contribution in [0.3, 0.4) is 0 Å². The van der Waals surface area contributed by atoms with Crippen LogP contribution in [0, 0.1) is 6.92 Å². The monoisotopic (exact) mass is 363 g/mol. The van der Waals surface area contributed by atoms with Gasteiger partial charge in [-0.05, 0) is 55.8 Å². The number of rotatable bonds is 6. The minimum atomic E-state index is 0.466. The second-order valence-corrected chi connectivity index (χ2v) is 7.15. The number of aryl methyl sites for hydroxylation is 1. The molecule has 5 heteroatoms. The molecule has 0 saturated carbocycles. The average Bonchev–Trinajstić information content (AvgIpc) is 2.60. The lowest BCUT2D eigenvalue weighted by molar-refractivity contribution is 0.135. The van der Waals surface area contributed by atoms with Gasteiger partial charge in [0.2, 0.25) is 0 Å². The number of nitrogen functional groups attached to an aromatic ring is 1. The smallest absolute Gasteiger partial charge is 0.131 e. The molecule has 0 spiro atoms. The Kier molecular flexibility index (Phi) is 5.91. The molecule has 1 aliphatic heterocycles. The number of likely N-dealkylation sites (tertiary alicyclic amines) is 1. The van der Waals surface area contributed by atoms with Crippen LogP contribution < -0.4 is 21.5 Å². The molecule has 1 saturated heterocycles. The van der Waals surface area contributed by atoms with Crippen LogP contribution in [-0.2, 0) is 0 Å². The largest absolute Gasteiger partial charge is 0.383 e. The molecule has 5 nitrogen and oxygen atoms in total. The predicted octanol–water partition coefficient (Wildman–Crippen LogP) is 1.81. The molecule has 142 valence electrons. The van der Waals surface area contributed by atoms with Crippen molar-refractivity contribution in [1.82, 2.24) is 20.2 Å². The average molecular weight is 364 g/mol. The Bertz CT molecular complexity index is 942. The van der Waals surface area contributed by atoms with Crippen LogP contribution in [0.5, 0.6) is 0 Å². The molecule has 27 heavy (non-hydrogen) atoms. The van der Waals surface area contributed by atoms with Gasteiger partial charge in [-0.2, -0.15) is 0 Å². The minimum absolute atomic E-state index is 0.466. The fourth-order valence-corrected chi connectivity index (χ4v) is 3.55. The van der Waals surface area contributed by atoms with E-state index in [2.05, 4.69) is 52.8 Å². The van der Waals surface area contributed by atoms with E-state index in [1.54, 1.807) is 6.20 Å². The van der Waals surface area contributed by atoms with E-state index in [-0.39, 0.29) is 0 Å². The first-order chi connectivity index (χ1) is 13.0. The first-order valence-electron chi connectivity index (χ1n) is 9.55. The highest BCUT2D eigenvalue weighted by atomic mass is 15.2. The highest BCUT2D eigenvalue weighted by molar-refractivity contribution is 5.65. The van der Waals surface area contributed by atoms with Gasteiger partial charge in [-0.1, -0.05) is 19.6 Å². The van der Waals surface area contributed by atoms with Crippen molar-refractivity contribution in [3.05, 3.63) is 52.8 Å². The standard InChI is InChI=1S/C22H29N5/c1-5-9-27-13-18(14-27)25-16(4)10-17-11-21(26-22(23)19(17)6-2)20-12-24-8-7-15(20)3/h6-8,10-12,18,25H,4-5,9,13-14H2,1-3H3,(H2,23,26)/b17-10-,19-6+. The Morgan fingerprint density at radius 1 is 1.44 bits per heavy atom. The fraction of sp³-hybridized carbons (Fsp3) is 0.364. The van der Waals surface area contributed by atoms with Crippen molar-refractivity contribution in [2.45, 2.75) is 33.2 Å². The van der Waals surface area contributed by atoms with E-state index in [0.29, 0.717) is 11.9 Å². The van der Waals surface area contributed by atoms with Gasteiger partial charge in [-0.25, -0.2) is 4.98 Å². The predicted molar refractivity (Wildman–Crippen MR) is 113 cm³/mol. The van der Waals surface area contributed by atoms with E-state index in [9.17, 15) is 0 Å². The number of hydrogen-bond donors (Lipinski definition) is 2. The number of aromatic nitrogens is 2. The molecule has 3 rings (SSSR count). The van der Waals surface area contributed by atoms with Crippen LogP contribution in [-0.4, -0.2) is 40.5 Å². The summed E-state index contributed by atoms with van der Waals surface area (Å²) >= 11 is 0. The van der Waals surface area contributed by atoms with E-state index < -0.39 is 0 Å². The molecular weight excluding hydrogens is 334 g/mol. The van der Waals surface area contributed by atoms with Gasteiger partial charge in [0.25, 0.3) is 0 Å². The number of hydrogen-bond acceptors (Lipinski definition) is 5. The molecule has 0 bridgehead atoms. The first kappa shape index (κ1) is 19.1. The summed E-state index contributed by atoms with van der Waals surface area (Å²) in [4.78, 5) is 11.3. The lowest BCUT2D eigenvalue weighted by Gasteiger charge is -2.40. The third kappa shape index (κ3) is 4.37. The summed E-state index contributed by atoms with van der Waals surface area (Å²) in [6.45, 7) is 13.8. The molecule has 3 heterocycles. The van der Waals surface area contributed by atoms with Gasteiger partial charge < -0.3 is 11.1 Å². The molecule has 0 amide bonds. The van der Waals surface area contributed by atoms with E-state index in [4.69, 9.17) is 5.73 Å². The summed E-state index contributed by atoms with van der Waals surface area (Å²) in [6, 6.07) is 4.51. The zero-order chi connectivity index (χ0) is 19.4. The van der Waals surface area contributed by atoms with E-state index >= 15 is 0 Å². The summed E-state index contributed by atoms with van der Waals surface area (Å²) < 4.78 is 0. The maximum atomic E-state index is 6.25. The number of nitrogens with zero attached hydrogens (tertiary/aromatic N) is 3. The summed E-state index contributed by atoms with van der Waals surface area (Å²) in [6.07, 6.45) is 8.87. The van der Waals surface area contributed by atoms with E-state index in [1.807, 2.05) is 25.3 Å². The maximum Gasteiger partial charge on any atom is 0.131 e. The summed E-state index contributed by atoms with van der Waals surface area (Å²) in [5.41, 5.74) is 10.1. The normalized spacial score (nSPS) is 16.4. The van der Waals surface area contributed by atoms with Gasteiger partial charge in [0.05, 0.1) is 11.7 Å². The summed E-state index contributed by atoms with van der Waals surface area (Å²) in [5, 5.41) is 5.47. The SMILES string of the molecule is C=C(/C=c1/cc(-c2cnccc2C)nc(N)/c1=C/C)NC1CN(CCC)C1. The number of anilines is 1. The van der Waals surface area contributed by atoms with Crippen LogP contribution in [0.1, 0.15) is 25.8 Å². The zero-order valence-corrected chi connectivity index (χ0v) is 16.5. The maximum absolute atomic E-state index is 6.25. The third-order valence-corrected chi connectivity index (χ3v) is 4.94. The van der Waals surface area contributed by atoms with E-state index in [0.717, 1.165) is 52.6 Å². The number of nitrogens with two attached hydrogens (primary N) is 1. The second kappa shape index (κ2) is 8.35. The first-order valence-corrected chi connectivity index (χ1v) is 9.55. The van der Waals surface area contributed by atoms with Gasteiger partial charge >= 0.3 is 0 Å². The lowest BCUT2D eigenvalue weighted by Crippen LogP contribution is -2.57. The van der Waals surface area contributed by atoms with Crippen LogP contribution in [0.2, 0.25) is 0 Å². The van der Waals surface area contributed by atoms with Crippen LogP contribution >= 0.6 is 0 Å². The van der Waals surface area contributed by atoms with Crippen molar-refractivity contribution < 1.29 is 0 Å². The van der Waals surface area contributed by atoms with Crippen molar-refractivity contribution in [2.24, 2.45) is 0 Å². The number of allylic oxidation sites excluding steroid dienone is 1. The minimum Gasteiger partial charge on any atom is -0.383 e. The quantitative estimate of drug-likeness (QED) is 0.819. The molecule has 0 unspecified atom stereocenters. The molecular formula is C22H29N5. The molecule has 0 atom stereocenters. The molecule has 3 N–H and O–H groups in total. The van der Waals surface area contributed by atoms with Gasteiger partial charge in [0.15, 0.2) is 0 Å². The van der Waals surface area contributed by atoms with Gasteiger partial charge in [0.1, 0.15) is 5.82 Å². The van der Waals surface area contributed by atoms with Crippen LogP contribution in [0.25, 0.3) is 23.4 Å². The number of pyridine rings is 2. The summed E-state index contributed by atoms with van der Waals surface area (Å²) in [7, 11) is 0. The second-order valence-electron chi connectivity index (χ2n) is 7.15. The topological polar surface area (TPSA) is 67.1 Å². The van der Waals surface area contributed by atoms with Crippen molar-refractivity contribution in [3.63, 3.8) is 0 Å². The Morgan fingerprint density at radius 2 is 2.22 bits per heavy atom. The van der Waals surface area contributed by atoms with Crippen molar-refractivity contribution in [3.8, 4) is 11.3 Å². The fourth-order valence-electron chi connectivity index (χ4n) is 3.55. The molecule has 0 radical (unpaired) electrons. The Labute approximate surface area is 161 Å². The molecule has 1 fully saturated rings. The van der Waals surface area contributed by atoms with Gasteiger partial charge in [0, 0.05) is 42.0 Å². The molecule has 1 aliphatic rings. The highest BCUT2D eigenvalue weighted by Crippen LogP contribution is 2.18. The highest BCUT2D eigenvalue weighted by Gasteiger charge is 2.25. The van der Waals surface area contributed by atoms with Crippen molar-refractivity contribution in [2.75, 3.05) is 25.4 Å². The van der Waals surface area contributed by atoms with E-state index in [1.165, 1.54) is 6.42 Å². The molecule has 0 aromatic carbocycles. The van der Waals surface area contributed by atoms with Crippen molar-refractivity contribution >= 4 is 18.0 Å². The molecule has 2 aromatic rings. The van der Waals surface area contributed by atoms with Crippen molar-refractivity contribution in [1.29, 1.82) is 0 Å². The summed E-state index contributed by atoms with van der Waals surface area (Å²) in [5.74, 6) is 0.523. The number of nitrogens with one attached hydrogen (secondary N) is 1. The van der Waals surface area contributed by atoms with Crippen LogP contribution in [0.4, 0.5) is 5.82 Å². The Morgan fingerprint density at radius 3 is 2.89 bits per heavy atom. The zero-order valence-electron chi connectivity index (χ0n) is 16.5. The lowest BCUT2D eigenvalue weighted by atomic mass is 10.1. The van der Waals surface area contributed by atoms with Gasteiger partial charge in [-0.15, -0.1) is 0 Å². The molecule has 2 aromatic heterocycles.